The fraction of sp³-hybridized carbons (Fsp3) is 0.400. The molecule has 2 heterocycles. The number of alkyl halides is 6. The molecule has 0 spiro atoms. The van der Waals surface area contributed by atoms with E-state index in [-0.39, 0.29) is 18.2 Å². The van der Waals surface area contributed by atoms with Gasteiger partial charge in [0.05, 0.1) is 29.9 Å². The zero-order valence-corrected chi connectivity index (χ0v) is 15.3. The highest BCUT2D eigenvalue weighted by Gasteiger charge is 2.43. The number of ether oxygens (including phenoxy) is 2. The summed E-state index contributed by atoms with van der Waals surface area (Å²) < 4.78 is 104. The molecule has 2 saturated heterocycles. The highest BCUT2D eigenvalue weighted by atomic mass is 19.4. The summed E-state index contributed by atoms with van der Waals surface area (Å²) in [6.45, 7) is 0.773. The molecule has 3 nitrogen and oxygen atoms in total. The average Bonchev–Trinajstić information content (AvgIpc) is 2.66. The molecule has 2 fully saturated rings. The van der Waals surface area contributed by atoms with Gasteiger partial charge in [-0.05, 0) is 41.5 Å². The molecule has 0 saturated carbocycles. The van der Waals surface area contributed by atoms with E-state index in [1.807, 2.05) is 4.90 Å². The molecule has 30 heavy (non-hydrogen) atoms. The van der Waals surface area contributed by atoms with Crippen molar-refractivity contribution in [3.8, 4) is 0 Å². The summed E-state index contributed by atoms with van der Waals surface area (Å²) in [6, 6.07) is 6.62. The summed E-state index contributed by atoms with van der Waals surface area (Å²) in [6.07, 6.45) is -11.8. The van der Waals surface area contributed by atoms with Crippen molar-refractivity contribution >= 4 is 0 Å². The first-order chi connectivity index (χ1) is 14.0. The van der Waals surface area contributed by atoms with Crippen molar-refractivity contribution < 1.29 is 40.2 Å². The van der Waals surface area contributed by atoms with Crippen LogP contribution in [0.2, 0.25) is 0 Å². The Balaban J connectivity index is 1.67. The molecule has 0 radical (unpaired) electrons. The Morgan fingerprint density at radius 3 is 1.97 bits per heavy atom. The van der Waals surface area contributed by atoms with Crippen molar-refractivity contribution in [1.82, 2.24) is 4.90 Å². The highest BCUT2D eigenvalue weighted by Crippen LogP contribution is 2.42. The molecule has 4 rings (SSSR count). The minimum absolute atomic E-state index is 0.0700. The van der Waals surface area contributed by atoms with Gasteiger partial charge in [-0.15, -0.1) is 0 Å². The summed E-state index contributed by atoms with van der Waals surface area (Å²) in [5.41, 5.74) is -2.33. The lowest BCUT2D eigenvalue weighted by Gasteiger charge is -2.48. The second-order valence-corrected chi connectivity index (χ2v) is 7.19. The lowest BCUT2D eigenvalue weighted by Crippen LogP contribution is -2.53. The number of hydrogen-bond donors (Lipinski definition) is 0. The summed E-state index contributed by atoms with van der Waals surface area (Å²) in [7, 11) is 0. The minimum Gasteiger partial charge on any atom is -0.349 e. The van der Waals surface area contributed by atoms with Crippen molar-refractivity contribution in [2.75, 3.05) is 19.7 Å². The second-order valence-electron chi connectivity index (χ2n) is 7.19. The van der Waals surface area contributed by atoms with Crippen LogP contribution in [0.1, 0.15) is 34.4 Å². The van der Waals surface area contributed by atoms with Gasteiger partial charge in [0.2, 0.25) is 0 Å². The van der Waals surface area contributed by atoms with Gasteiger partial charge in [0.25, 0.3) is 0 Å². The fourth-order valence-corrected chi connectivity index (χ4v) is 3.80. The number of hydrogen-bond acceptors (Lipinski definition) is 3. The average molecular weight is 435 g/mol. The molecular weight excluding hydrogens is 419 g/mol. The van der Waals surface area contributed by atoms with E-state index in [9.17, 15) is 30.7 Å². The molecule has 162 valence electrons. The molecule has 2 aromatic carbocycles. The third-order valence-electron chi connectivity index (χ3n) is 5.20. The molecule has 2 bridgehead atoms. The van der Waals surface area contributed by atoms with Crippen LogP contribution in [-0.4, -0.2) is 30.9 Å². The van der Waals surface area contributed by atoms with Gasteiger partial charge >= 0.3 is 12.4 Å². The van der Waals surface area contributed by atoms with Crippen molar-refractivity contribution in [2.24, 2.45) is 0 Å². The smallest absolute Gasteiger partial charge is 0.349 e. The number of benzene rings is 2. The second kappa shape index (κ2) is 7.51. The van der Waals surface area contributed by atoms with Crippen molar-refractivity contribution in [2.45, 2.75) is 30.8 Å². The van der Waals surface area contributed by atoms with E-state index >= 15 is 0 Å². The zero-order valence-electron chi connectivity index (χ0n) is 15.3. The molecule has 4 atom stereocenters. The summed E-state index contributed by atoms with van der Waals surface area (Å²) in [5, 5.41) is 0. The van der Waals surface area contributed by atoms with Gasteiger partial charge in [-0.25, -0.2) is 4.39 Å². The van der Waals surface area contributed by atoms with Crippen LogP contribution in [0.5, 0.6) is 0 Å². The number of rotatable bonds is 2. The topological polar surface area (TPSA) is 21.7 Å². The van der Waals surface area contributed by atoms with Gasteiger partial charge in [0, 0.05) is 13.1 Å². The first kappa shape index (κ1) is 21.1. The van der Waals surface area contributed by atoms with Gasteiger partial charge in [0.15, 0.2) is 6.29 Å². The summed E-state index contributed by atoms with van der Waals surface area (Å²) in [5.74, 6) is -0.432. The van der Waals surface area contributed by atoms with E-state index in [0.29, 0.717) is 30.8 Å². The third kappa shape index (κ3) is 4.17. The van der Waals surface area contributed by atoms with Crippen molar-refractivity contribution in [3.05, 3.63) is 70.5 Å². The highest BCUT2D eigenvalue weighted by molar-refractivity contribution is 5.35. The molecule has 0 aromatic heterocycles. The molecule has 2 aliphatic heterocycles. The maximum Gasteiger partial charge on any atom is 0.416 e. The third-order valence-corrected chi connectivity index (χ3v) is 5.20. The van der Waals surface area contributed by atoms with Crippen molar-refractivity contribution in [3.63, 3.8) is 0 Å². The predicted octanol–water partition coefficient (Wildman–Crippen LogP) is 5.33. The molecule has 2 aliphatic rings. The first-order valence-electron chi connectivity index (χ1n) is 9.08. The van der Waals surface area contributed by atoms with Crippen LogP contribution in [0.4, 0.5) is 30.7 Å². The van der Waals surface area contributed by atoms with Crippen LogP contribution in [0, 0.1) is 5.82 Å². The standard InChI is InChI=1S/C20H16F7NO2/c21-15-3-1-11(2-4-15)17-18-29-6-5-28(17)10-16(30-18)12-7-13(19(22,23)24)9-14(8-12)20(25,26)27/h1-4,7-9,16-18H,5-6,10H2/t16?,17-,18+/m0/s1. The maximum absolute atomic E-state index is 13.2. The van der Waals surface area contributed by atoms with Gasteiger partial charge in [-0.3, -0.25) is 4.90 Å². The normalized spacial score (nSPS) is 27.2. The van der Waals surface area contributed by atoms with Crippen LogP contribution < -0.4 is 0 Å². The Labute approximate surface area is 167 Å². The van der Waals surface area contributed by atoms with Gasteiger partial charge in [0.1, 0.15) is 5.82 Å². The number of fused-ring (bicyclic) bond motifs is 2. The summed E-state index contributed by atoms with van der Waals surface area (Å²) >= 11 is 0. The maximum atomic E-state index is 13.2. The Kier molecular flexibility index (Phi) is 5.27. The Hall–Kier alpha value is -2.17. The van der Waals surface area contributed by atoms with Gasteiger partial charge in [-0.2, -0.15) is 26.3 Å². The Morgan fingerprint density at radius 1 is 0.833 bits per heavy atom. The molecule has 0 amide bonds. The van der Waals surface area contributed by atoms with E-state index in [1.54, 1.807) is 12.1 Å². The minimum atomic E-state index is -4.94. The lowest BCUT2D eigenvalue weighted by molar-refractivity contribution is -0.270. The molecule has 2 aromatic rings. The number of morpholine rings is 2. The fourth-order valence-electron chi connectivity index (χ4n) is 3.80. The SMILES string of the molecule is Fc1ccc([C@H]2[C@@H]3OCCN2CC(c2cc(C(F)(F)F)cc(C(F)(F)F)c2)O3)cc1. The number of nitrogens with zero attached hydrogens (tertiary/aromatic N) is 1. The van der Waals surface area contributed by atoms with Gasteiger partial charge < -0.3 is 9.47 Å². The molecule has 0 N–H and O–H groups in total. The lowest BCUT2D eigenvalue weighted by atomic mass is 9.96. The number of halogens is 7. The quantitative estimate of drug-likeness (QED) is 0.595. The molecule has 2 unspecified atom stereocenters. The molecular formula is C20H16F7NO2. The molecule has 0 aliphatic carbocycles. The van der Waals surface area contributed by atoms with E-state index in [4.69, 9.17) is 9.47 Å². The van der Waals surface area contributed by atoms with Crippen LogP contribution in [0.15, 0.2) is 42.5 Å². The monoisotopic (exact) mass is 435 g/mol. The van der Waals surface area contributed by atoms with E-state index in [0.717, 1.165) is 0 Å². The van der Waals surface area contributed by atoms with E-state index in [1.165, 1.54) is 12.1 Å². The summed E-state index contributed by atoms with van der Waals surface area (Å²) in [4.78, 5) is 1.86. The largest absolute Gasteiger partial charge is 0.416 e. The van der Waals surface area contributed by atoms with E-state index in [2.05, 4.69) is 0 Å². The van der Waals surface area contributed by atoms with Crippen LogP contribution in [0.3, 0.4) is 0 Å². The van der Waals surface area contributed by atoms with Crippen LogP contribution >= 0.6 is 0 Å². The van der Waals surface area contributed by atoms with Crippen LogP contribution in [-0.2, 0) is 21.8 Å². The van der Waals surface area contributed by atoms with Gasteiger partial charge in [-0.1, -0.05) is 12.1 Å². The van der Waals surface area contributed by atoms with Crippen LogP contribution in [0.25, 0.3) is 0 Å². The molecule has 10 heteroatoms. The predicted molar refractivity (Wildman–Crippen MR) is 90.7 cm³/mol. The first-order valence-corrected chi connectivity index (χ1v) is 9.08. The Morgan fingerprint density at radius 2 is 1.43 bits per heavy atom. The Bertz CT molecular complexity index is 865. The van der Waals surface area contributed by atoms with Crippen molar-refractivity contribution in [1.29, 1.82) is 0 Å². The van der Waals surface area contributed by atoms with E-state index < -0.39 is 47.7 Å². The zero-order chi connectivity index (χ0) is 21.7.